The fourth-order valence-corrected chi connectivity index (χ4v) is 1.99. The molecular formula is C11H16N4O. The van der Waals surface area contributed by atoms with Gasteiger partial charge in [-0.3, -0.25) is 15.6 Å². The van der Waals surface area contributed by atoms with Gasteiger partial charge in [-0.1, -0.05) is 6.92 Å². The van der Waals surface area contributed by atoms with Gasteiger partial charge >= 0.3 is 0 Å². The van der Waals surface area contributed by atoms with Crippen LogP contribution < -0.4 is 11.3 Å². The van der Waals surface area contributed by atoms with Crippen LogP contribution in [-0.2, 0) is 0 Å². The Morgan fingerprint density at radius 3 is 3.12 bits per heavy atom. The maximum absolute atomic E-state index is 12.2. The van der Waals surface area contributed by atoms with Gasteiger partial charge in [-0.15, -0.1) is 0 Å². The number of hydrogen-bond acceptors (Lipinski definition) is 4. The zero-order chi connectivity index (χ0) is 11.5. The van der Waals surface area contributed by atoms with E-state index in [1.807, 2.05) is 4.90 Å². The van der Waals surface area contributed by atoms with Crippen LogP contribution in [0.1, 0.15) is 23.7 Å². The number of nitrogens with zero attached hydrogens (tertiary/aromatic N) is 2. The van der Waals surface area contributed by atoms with Crippen molar-refractivity contribution < 1.29 is 4.79 Å². The lowest BCUT2D eigenvalue weighted by Crippen LogP contribution is -2.29. The van der Waals surface area contributed by atoms with Gasteiger partial charge in [0.1, 0.15) is 0 Å². The summed E-state index contributed by atoms with van der Waals surface area (Å²) in [4.78, 5) is 18.0. The van der Waals surface area contributed by atoms with E-state index in [-0.39, 0.29) is 5.91 Å². The quantitative estimate of drug-likeness (QED) is 0.572. The molecule has 0 aliphatic carbocycles. The minimum atomic E-state index is 0.0275. The van der Waals surface area contributed by atoms with Crippen LogP contribution in [0.25, 0.3) is 0 Å². The molecule has 2 heterocycles. The first-order valence-electron chi connectivity index (χ1n) is 5.42. The fraction of sp³-hybridized carbons (Fsp3) is 0.455. The van der Waals surface area contributed by atoms with Crippen LogP contribution in [0, 0.1) is 5.92 Å². The number of nitrogen functional groups attached to an aromatic ring is 1. The van der Waals surface area contributed by atoms with Gasteiger partial charge < -0.3 is 10.3 Å². The van der Waals surface area contributed by atoms with Gasteiger partial charge in [0.05, 0.1) is 17.4 Å². The van der Waals surface area contributed by atoms with E-state index in [0.29, 0.717) is 17.2 Å². The molecule has 0 aromatic carbocycles. The van der Waals surface area contributed by atoms with Gasteiger partial charge in [-0.05, 0) is 18.4 Å². The smallest absolute Gasteiger partial charge is 0.256 e. The molecule has 0 spiro atoms. The van der Waals surface area contributed by atoms with E-state index >= 15 is 0 Å². The molecule has 1 aromatic rings. The third-order valence-corrected chi connectivity index (χ3v) is 2.92. The Balaban J connectivity index is 2.20. The predicted molar refractivity (Wildman–Crippen MR) is 61.7 cm³/mol. The van der Waals surface area contributed by atoms with Crippen LogP contribution in [0.4, 0.5) is 5.69 Å². The number of rotatable bonds is 2. The summed E-state index contributed by atoms with van der Waals surface area (Å²) >= 11 is 0. The molecule has 1 aliphatic rings. The molecule has 1 amide bonds. The summed E-state index contributed by atoms with van der Waals surface area (Å²) in [7, 11) is 0. The summed E-state index contributed by atoms with van der Waals surface area (Å²) in [6.45, 7) is 3.80. The summed E-state index contributed by atoms with van der Waals surface area (Å²) in [5.74, 6) is 5.96. The topological polar surface area (TPSA) is 71.2 Å². The van der Waals surface area contributed by atoms with E-state index in [0.717, 1.165) is 19.5 Å². The Morgan fingerprint density at radius 1 is 1.69 bits per heavy atom. The van der Waals surface area contributed by atoms with E-state index in [4.69, 9.17) is 5.84 Å². The first-order valence-corrected chi connectivity index (χ1v) is 5.42. The molecule has 1 aromatic heterocycles. The lowest BCUT2D eigenvalue weighted by Gasteiger charge is -2.17. The van der Waals surface area contributed by atoms with Gasteiger partial charge in [0, 0.05) is 19.3 Å². The van der Waals surface area contributed by atoms with Crippen LogP contribution in [0.15, 0.2) is 18.5 Å². The zero-order valence-electron chi connectivity index (χ0n) is 9.31. The third kappa shape index (κ3) is 1.99. The molecule has 1 saturated heterocycles. The second kappa shape index (κ2) is 4.49. The van der Waals surface area contributed by atoms with E-state index in [2.05, 4.69) is 17.3 Å². The standard InChI is InChI=1S/C11H16N4O/c1-8-3-5-15(7-8)11(16)9-2-4-13-6-10(9)14-12/h2,4,6,8,14H,3,5,7,12H2,1H3. The number of amides is 1. The number of likely N-dealkylation sites (tertiary alicyclic amines) is 1. The summed E-state index contributed by atoms with van der Waals surface area (Å²) in [6, 6.07) is 1.69. The van der Waals surface area contributed by atoms with Crippen LogP contribution in [-0.4, -0.2) is 28.9 Å². The van der Waals surface area contributed by atoms with E-state index in [9.17, 15) is 4.79 Å². The highest BCUT2D eigenvalue weighted by Crippen LogP contribution is 2.20. The van der Waals surface area contributed by atoms with Crippen molar-refractivity contribution in [3.8, 4) is 0 Å². The van der Waals surface area contributed by atoms with Gasteiger partial charge in [-0.25, -0.2) is 0 Å². The SMILES string of the molecule is CC1CCN(C(=O)c2ccncc2NN)C1. The molecule has 1 fully saturated rings. The zero-order valence-corrected chi connectivity index (χ0v) is 9.31. The highest BCUT2D eigenvalue weighted by molar-refractivity contribution is 5.99. The largest absolute Gasteiger partial charge is 0.338 e. The molecule has 1 atom stereocenters. The van der Waals surface area contributed by atoms with Gasteiger partial charge in [0.25, 0.3) is 5.91 Å². The molecule has 5 nitrogen and oxygen atoms in total. The van der Waals surface area contributed by atoms with Gasteiger partial charge in [-0.2, -0.15) is 0 Å². The second-order valence-corrected chi connectivity index (χ2v) is 4.21. The van der Waals surface area contributed by atoms with Crippen molar-refractivity contribution in [3.05, 3.63) is 24.0 Å². The van der Waals surface area contributed by atoms with Crippen molar-refractivity contribution in [2.45, 2.75) is 13.3 Å². The average Bonchev–Trinajstić information content (AvgIpc) is 2.75. The first kappa shape index (κ1) is 10.9. The number of carbonyl (C=O) groups excluding carboxylic acids is 1. The number of pyridine rings is 1. The van der Waals surface area contributed by atoms with Crippen molar-refractivity contribution in [2.24, 2.45) is 11.8 Å². The Kier molecular flexibility index (Phi) is 3.05. The number of nitrogens with two attached hydrogens (primary N) is 1. The number of aromatic nitrogens is 1. The molecule has 1 unspecified atom stereocenters. The van der Waals surface area contributed by atoms with Crippen LogP contribution in [0.5, 0.6) is 0 Å². The lowest BCUT2D eigenvalue weighted by molar-refractivity contribution is 0.0789. The fourth-order valence-electron chi connectivity index (χ4n) is 1.99. The van der Waals surface area contributed by atoms with Crippen LogP contribution in [0.3, 0.4) is 0 Å². The minimum Gasteiger partial charge on any atom is -0.338 e. The van der Waals surface area contributed by atoms with E-state index < -0.39 is 0 Å². The highest BCUT2D eigenvalue weighted by Gasteiger charge is 2.25. The molecule has 1 aliphatic heterocycles. The van der Waals surface area contributed by atoms with Crippen molar-refractivity contribution in [1.82, 2.24) is 9.88 Å². The highest BCUT2D eigenvalue weighted by atomic mass is 16.2. The number of carbonyl (C=O) groups is 1. The molecule has 0 radical (unpaired) electrons. The third-order valence-electron chi connectivity index (χ3n) is 2.92. The molecule has 0 bridgehead atoms. The van der Waals surface area contributed by atoms with E-state index in [1.165, 1.54) is 0 Å². The second-order valence-electron chi connectivity index (χ2n) is 4.21. The minimum absolute atomic E-state index is 0.0275. The summed E-state index contributed by atoms with van der Waals surface area (Å²) in [5, 5.41) is 0. The summed E-state index contributed by atoms with van der Waals surface area (Å²) < 4.78 is 0. The molecule has 5 heteroatoms. The molecule has 16 heavy (non-hydrogen) atoms. The van der Waals surface area contributed by atoms with Crippen molar-refractivity contribution >= 4 is 11.6 Å². The molecular weight excluding hydrogens is 204 g/mol. The van der Waals surface area contributed by atoms with Crippen molar-refractivity contribution in [2.75, 3.05) is 18.5 Å². The normalized spacial score (nSPS) is 19.9. The number of hydrogen-bond donors (Lipinski definition) is 2. The van der Waals surface area contributed by atoms with E-state index in [1.54, 1.807) is 18.5 Å². The molecule has 3 N–H and O–H groups in total. The van der Waals surface area contributed by atoms with Crippen LogP contribution >= 0.6 is 0 Å². The maximum Gasteiger partial charge on any atom is 0.256 e. The Labute approximate surface area is 94.6 Å². The summed E-state index contributed by atoms with van der Waals surface area (Å²) in [6.07, 6.45) is 4.24. The van der Waals surface area contributed by atoms with Crippen molar-refractivity contribution in [1.29, 1.82) is 0 Å². The van der Waals surface area contributed by atoms with Crippen LogP contribution in [0.2, 0.25) is 0 Å². The monoisotopic (exact) mass is 220 g/mol. The summed E-state index contributed by atoms with van der Waals surface area (Å²) in [5.41, 5.74) is 3.67. The number of nitrogens with one attached hydrogen (secondary N) is 1. The Hall–Kier alpha value is -1.62. The van der Waals surface area contributed by atoms with Gasteiger partial charge in [0.2, 0.25) is 0 Å². The Morgan fingerprint density at radius 2 is 2.50 bits per heavy atom. The number of anilines is 1. The lowest BCUT2D eigenvalue weighted by atomic mass is 10.2. The van der Waals surface area contributed by atoms with Gasteiger partial charge in [0.15, 0.2) is 0 Å². The van der Waals surface area contributed by atoms with Crippen molar-refractivity contribution in [3.63, 3.8) is 0 Å². The Bertz CT molecular complexity index is 393. The number of hydrazine groups is 1. The predicted octanol–water partition coefficient (Wildman–Crippen LogP) is 0.849. The average molecular weight is 220 g/mol. The molecule has 0 saturated carbocycles. The maximum atomic E-state index is 12.2. The molecule has 2 rings (SSSR count). The molecule has 86 valence electrons. The first-order chi connectivity index (χ1) is 7.72.